The predicted octanol–water partition coefficient (Wildman–Crippen LogP) is 5.25. The van der Waals surface area contributed by atoms with Crippen LogP contribution in [0.3, 0.4) is 0 Å². The zero-order valence-corrected chi connectivity index (χ0v) is 14.1. The first-order valence-electron chi connectivity index (χ1n) is 7.08. The molecule has 1 atom stereocenters. The van der Waals surface area contributed by atoms with Crippen LogP contribution in [0.1, 0.15) is 12.5 Å². The van der Waals surface area contributed by atoms with Crippen molar-refractivity contribution in [3.8, 4) is 0 Å². The molecule has 23 heavy (non-hydrogen) atoms. The Morgan fingerprint density at radius 1 is 1.09 bits per heavy atom. The number of azo groups is 1. The van der Waals surface area contributed by atoms with Gasteiger partial charge in [0.25, 0.3) is 0 Å². The third-order valence-corrected chi connectivity index (χ3v) is 3.76. The van der Waals surface area contributed by atoms with Gasteiger partial charge in [-0.25, -0.2) is 0 Å². The Bertz CT molecular complexity index is 704. The number of halogens is 2. The Morgan fingerprint density at radius 3 is 2.39 bits per heavy atom. The lowest BCUT2D eigenvalue weighted by Crippen LogP contribution is -2.18. The molecule has 0 bridgehead atoms. The normalized spacial score (nSPS) is 12.3. The van der Waals surface area contributed by atoms with Crippen LogP contribution in [0.4, 0.5) is 5.69 Å². The summed E-state index contributed by atoms with van der Waals surface area (Å²) in [5.41, 5.74) is 1.49. The fourth-order valence-corrected chi connectivity index (χ4v) is 2.33. The van der Waals surface area contributed by atoms with Gasteiger partial charge in [-0.05, 0) is 23.8 Å². The highest BCUT2D eigenvalue weighted by Gasteiger charge is 2.13. The fraction of sp³-hybridized carbons (Fsp3) is 0.235. The number of esters is 1. The Kier molecular flexibility index (Phi) is 6.56. The summed E-state index contributed by atoms with van der Waals surface area (Å²) in [6.45, 7) is 1.49. The highest BCUT2D eigenvalue weighted by molar-refractivity contribution is 6.33. The van der Waals surface area contributed by atoms with E-state index in [0.29, 0.717) is 22.2 Å². The second-order valence-corrected chi connectivity index (χ2v) is 5.73. The summed E-state index contributed by atoms with van der Waals surface area (Å²) in [5, 5.41) is 9.60. The second-order valence-electron chi connectivity index (χ2n) is 4.92. The highest BCUT2D eigenvalue weighted by Crippen LogP contribution is 2.25. The van der Waals surface area contributed by atoms with Gasteiger partial charge in [-0.15, -0.1) is 0 Å². The molecule has 0 radical (unpaired) electrons. The van der Waals surface area contributed by atoms with Crippen molar-refractivity contribution in [2.75, 3.05) is 6.61 Å². The molecule has 0 N–H and O–H groups in total. The van der Waals surface area contributed by atoms with Crippen LogP contribution in [0.25, 0.3) is 0 Å². The van der Waals surface area contributed by atoms with Crippen molar-refractivity contribution in [1.29, 1.82) is 0 Å². The van der Waals surface area contributed by atoms with E-state index in [0.717, 1.165) is 5.56 Å². The summed E-state index contributed by atoms with van der Waals surface area (Å²) in [7, 11) is 0. The molecule has 2 aromatic rings. The maximum atomic E-state index is 11.1. The van der Waals surface area contributed by atoms with Crippen molar-refractivity contribution in [3.05, 3.63) is 64.1 Å². The molecule has 0 saturated heterocycles. The van der Waals surface area contributed by atoms with Gasteiger partial charge >= 0.3 is 5.97 Å². The molecular formula is C17H16Cl2N2O2. The van der Waals surface area contributed by atoms with Crippen molar-refractivity contribution in [2.45, 2.75) is 19.4 Å². The SMILES string of the molecule is CC(=O)OCC(Cc1ccccc1Cl)N=Nc1ccccc1Cl. The van der Waals surface area contributed by atoms with Crippen molar-refractivity contribution >= 4 is 34.9 Å². The van der Waals surface area contributed by atoms with Gasteiger partial charge in [0.2, 0.25) is 0 Å². The average molecular weight is 351 g/mol. The molecule has 0 saturated carbocycles. The average Bonchev–Trinajstić information content (AvgIpc) is 2.53. The summed E-state index contributed by atoms with van der Waals surface area (Å²) in [6, 6.07) is 14.3. The smallest absolute Gasteiger partial charge is 0.302 e. The van der Waals surface area contributed by atoms with Crippen molar-refractivity contribution < 1.29 is 9.53 Å². The molecule has 0 aliphatic heterocycles. The Labute approximate surface area is 145 Å². The summed E-state index contributed by atoms with van der Waals surface area (Å²) >= 11 is 12.2. The van der Waals surface area contributed by atoms with Gasteiger partial charge in [-0.3, -0.25) is 4.79 Å². The van der Waals surface area contributed by atoms with Gasteiger partial charge in [0.05, 0.1) is 5.02 Å². The van der Waals surface area contributed by atoms with Crippen molar-refractivity contribution in [3.63, 3.8) is 0 Å². The lowest BCUT2D eigenvalue weighted by atomic mass is 10.1. The van der Waals surface area contributed by atoms with E-state index in [1.807, 2.05) is 36.4 Å². The quantitative estimate of drug-likeness (QED) is 0.527. The summed E-state index contributed by atoms with van der Waals surface area (Å²) in [4.78, 5) is 11.1. The van der Waals surface area contributed by atoms with Crippen LogP contribution >= 0.6 is 23.2 Å². The van der Waals surface area contributed by atoms with E-state index in [4.69, 9.17) is 27.9 Å². The Hall–Kier alpha value is -1.91. The molecule has 0 aromatic heterocycles. The molecule has 2 rings (SSSR count). The summed E-state index contributed by atoms with van der Waals surface area (Å²) < 4.78 is 5.07. The number of rotatable bonds is 6. The number of benzene rings is 2. The zero-order chi connectivity index (χ0) is 16.7. The van der Waals surface area contributed by atoms with Crippen molar-refractivity contribution in [1.82, 2.24) is 0 Å². The van der Waals surface area contributed by atoms with Gasteiger partial charge in [0, 0.05) is 18.4 Å². The fourth-order valence-electron chi connectivity index (χ4n) is 1.94. The maximum Gasteiger partial charge on any atom is 0.302 e. The topological polar surface area (TPSA) is 51.0 Å². The third kappa shape index (κ3) is 5.66. The number of carbonyl (C=O) groups is 1. The maximum absolute atomic E-state index is 11.1. The van der Waals surface area contributed by atoms with E-state index in [9.17, 15) is 4.79 Å². The molecule has 1 unspecified atom stereocenters. The van der Waals surface area contributed by atoms with Crippen LogP contribution in [0.5, 0.6) is 0 Å². The first-order chi connectivity index (χ1) is 11.1. The van der Waals surface area contributed by atoms with E-state index in [1.54, 1.807) is 12.1 Å². The zero-order valence-electron chi connectivity index (χ0n) is 12.6. The van der Waals surface area contributed by atoms with Gasteiger partial charge in [0.15, 0.2) is 0 Å². The van der Waals surface area contributed by atoms with Gasteiger partial charge < -0.3 is 4.74 Å². The molecule has 0 fully saturated rings. The van der Waals surface area contributed by atoms with Crippen LogP contribution in [0, 0.1) is 0 Å². The summed E-state index contributed by atoms with van der Waals surface area (Å²) in [5.74, 6) is -0.359. The van der Waals surface area contributed by atoms with Gasteiger partial charge in [-0.1, -0.05) is 53.5 Å². The minimum Gasteiger partial charge on any atom is -0.464 e. The molecule has 0 aliphatic carbocycles. The molecular weight excluding hydrogens is 335 g/mol. The minimum absolute atomic E-state index is 0.133. The second kappa shape index (κ2) is 8.65. The summed E-state index contributed by atoms with van der Waals surface area (Å²) in [6.07, 6.45) is 0.515. The standard InChI is InChI=1S/C17H16Cl2N2O2/c1-12(22)23-11-14(10-13-6-2-3-7-15(13)18)20-21-17-9-5-4-8-16(17)19/h2-9,14H,10-11H2,1H3. The van der Waals surface area contributed by atoms with Crippen molar-refractivity contribution in [2.24, 2.45) is 10.2 Å². The minimum atomic E-state index is -0.359. The van der Waals surface area contributed by atoms with Gasteiger partial charge in [0.1, 0.15) is 18.3 Å². The molecule has 4 nitrogen and oxygen atoms in total. The number of hydrogen-bond acceptors (Lipinski definition) is 4. The monoisotopic (exact) mass is 350 g/mol. The van der Waals surface area contributed by atoms with Gasteiger partial charge in [-0.2, -0.15) is 10.2 Å². The third-order valence-electron chi connectivity index (χ3n) is 3.07. The molecule has 0 spiro atoms. The van der Waals surface area contributed by atoms with E-state index in [-0.39, 0.29) is 18.6 Å². The molecule has 6 heteroatoms. The van der Waals surface area contributed by atoms with Crippen LogP contribution in [0.2, 0.25) is 10.0 Å². The molecule has 0 amide bonds. The highest BCUT2D eigenvalue weighted by atomic mass is 35.5. The molecule has 2 aromatic carbocycles. The van der Waals surface area contributed by atoms with Crippen LogP contribution in [-0.2, 0) is 16.0 Å². The number of nitrogens with zero attached hydrogens (tertiary/aromatic N) is 2. The van der Waals surface area contributed by atoms with E-state index in [2.05, 4.69) is 10.2 Å². The predicted molar refractivity (Wildman–Crippen MR) is 91.5 cm³/mol. The van der Waals surface area contributed by atoms with E-state index < -0.39 is 0 Å². The largest absolute Gasteiger partial charge is 0.464 e. The van der Waals surface area contributed by atoms with E-state index >= 15 is 0 Å². The Morgan fingerprint density at radius 2 is 1.74 bits per heavy atom. The first kappa shape index (κ1) is 17.4. The van der Waals surface area contributed by atoms with E-state index in [1.165, 1.54) is 6.92 Å². The Balaban J connectivity index is 2.15. The van der Waals surface area contributed by atoms with Crippen LogP contribution < -0.4 is 0 Å². The number of hydrogen-bond donors (Lipinski definition) is 0. The van der Waals surface area contributed by atoms with Crippen LogP contribution in [0.15, 0.2) is 58.8 Å². The number of carbonyl (C=O) groups excluding carboxylic acids is 1. The molecule has 120 valence electrons. The lowest BCUT2D eigenvalue weighted by molar-refractivity contribution is -0.141. The molecule has 0 heterocycles. The molecule has 0 aliphatic rings. The van der Waals surface area contributed by atoms with Crippen LogP contribution in [-0.4, -0.2) is 18.6 Å². The first-order valence-corrected chi connectivity index (χ1v) is 7.84. The lowest BCUT2D eigenvalue weighted by Gasteiger charge is -2.12. The number of ether oxygens (including phenoxy) is 1.